The van der Waals surface area contributed by atoms with Gasteiger partial charge >= 0.3 is 0 Å². The molecule has 0 saturated heterocycles. The number of hydrogen-bond donors (Lipinski definition) is 3. The lowest BCUT2D eigenvalue weighted by Crippen LogP contribution is -1.94. The lowest BCUT2D eigenvalue weighted by atomic mass is 10.2. The molecule has 0 atom stereocenters. The Morgan fingerprint density at radius 3 is 2.58 bits per heavy atom. The number of thiol groups is 1. The molecule has 0 radical (unpaired) electrons. The molecule has 0 aliphatic rings. The van der Waals surface area contributed by atoms with Gasteiger partial charge in [-0.3, -0.25) is 0 Å². The summed E-state index contributed by atoms with van der Waals surface area (Å²) in [5, 5.41) is 18.3. The van der Waals surface area contributed by atoms with E-state index in [1.165, 1.54) is 6.21 Å². The lowest BCUT2D eigenvalue weighted by molar-refractivity contribution is 0.448. The second-order valence-corrected chi connectivity index (χ2v) is 3.97. The summed E-state index contributed by atoms with van der Waals surface area (Å²) in [7, 11) is 0. The molecule has 2 aromatic rings. The van der Waals surface area contributed by atoms with Crippen molar-refractivity contribution in [1.29, 1.82) is 5.26 Å². The Morgan fingerprint density at radius 1 is 1.32 bits per heavy atom. The molecule has 1 aromatic heterocycles. The molecule has 94 valence electrons. The average molecular weight is 271 g/mol. The number of benzene rings is 1. The number of anilines is 1. The Bertz CT molecular complexity index is 653. The highest BCUT2D eigenvalue weighted by atomic mass is 32.1. The van der Waals surface area contributed by atoms with Gasteiger partial charge in [-0.15, -0.1) is 12.6 Å². The molecule has 0 unspecified atom stereocenters. The number of nitrogens with two attached hydrogens (primary N) is 1. The van der Waals surface area contributed by atoms with Crippen LogP contribution in [-0.4, -0.2) is 21.3 Å². The number of hydrogen-bond acceptors (Lipinski definition) is 7. The summed E-state index contributed by atoms with van der Waals surface area (Å²) in [6.07, 6.45) is 1.49. The van der Waals surface area contributed by atoms with Gasteiger partial charge in [0.25, 0.3) is 0 Å². The number of aliphatic imine (C=N–C) groups is 1. The van der Waals surface area contributed by atoms with Crippen LogP contribution in [-0.2, 0) is 0 Å². The first-order valence-corrected chi connectivity index (χ1v) is 5.64. The quantitative estimate of drug-likeness (QED) is 0.437. The second-order valence-electron chi connectivity index (χ2n) is 3.57. The molecule has 0 aliphatic carbocycles. The Kier molecular flexibility index (Phi) is 3.63. The zero-order valence-electron chi connectivity index (χ0n) is 9.65. The predicted octanol–water partition coefficient (Wildman–Crippen LogP) is 1.68. The summed E-state index contributed by atoms with van der Waals surface area (Å²) in [6.45, 7) is 0. The Morgan fingerprint density at radius 2 is 2.00 bits per heavy atom. The third kappa shape index (κ3) is 3.00. The molecule has 6 nitrogen and oxygen atoms in total. The SMILES string of the molecule is N#Cc1ccc(/C=N/c2c(N)nc(S)nc2O)cc1. The normalized spacial score (nSPS) is 10.5. The van der Waals surface area contributed by atoms with Gasteiger partial charge < -0.3 is 10.8 Å². The van der Waals surface area contributed by atoms with E-state index in [-0.39, 0.29) is 22.5 Å². The van der Waals surface area contributed by atoms with Crippen LogP contribution in [0.25, 0.3) is 0 Å². The summed E-state index contributed by atoms with van der Waals surface area (Å²) in [4.78, 5) is 11.5. The van der Waals surface area contributed by atoms with Crippen molar-refractivity contribution in [3.63, 3.8) is 0 Å². The third-order valence-electron chi connectivity index (χ3n) is 2.26. The van der Waals surface area contributed by atoms with Crippen LogP contribution in [0.15, 0.2) is 34.4 Å². The summed E-state index contributed by atoms with van der Waals surface area (Å²) >= 11 is 3.89. The van der Waals surface area contributed by atoms with Gasteiger partial charge in [0.15, 0.2) is 16.7 Å². The molecular weight excluding hydrogens is 262 g/mol. The minimum Gasteiger partial charge on any atom is -0.492 e. The number of rotatable bonds is 2. The minimum absolute atomic E-state index is 0.0439. The maximum atomic E-state index is 9.60. The highest BCUT2D eigenvalue weighted by Gasteiger charge is 2.08. The topological polar surface area (TPSA) is 108 Å². The van der Waals surface area contributed by atoms with E-state index in [1.54, 1.807) is 24.3 Å². The molecule has 0 fully saturated rings. The van der Waals surface area contributed by atoms with Gasteiger partial charge in [0.2, 0.25) is 5.88 Å². The zero-order chi connectivity index (χ0) is 13.8. The van der Waals surface area contributed by atoms with E-state index >= 15 is 0 Å². The summed E-state index contributed by atoms with van der Waals surface area (Å²) in [6, 6.07) is 8.80. The monoisotopic (exact) mass is 271 g/mol. The first kappa shape index (κ1) is 12.9. The van der Waals surface area contributed by atoms with E-state index < -0.39 is 0 Å². The first-order chi connectivity index (χ1) is 9.10. The standard InChI is InChI=1S/C12H9N5OS/c13-5-7-1-3-8(4-2-7)6-15-9-10(14)16-12(19)17-11(9)18/h1-4,6H,(H4,14,16,17,18,19)/b15-6+. The van der Waals surface area contributed by atoms with Crippen LogP contribution in [0.2, 0.25) is 0 Å². The average Bonchev–Trinajstić information content (AvgIpc) is 2.38. The smallest absolute Gasteiger partial charge is 0.243 e. The van der Waals surface area contributed by atoms with Crippen molar-refractivity contribution in [3.8, 4) is 11.9 Å². The Balaban J connectivity index is 2.30. The van der Waals surface area contributed by atoms with Crippen LogP contribution in [0.1, 0.15) is 11.1 Å². The van der Waals surface area contributed by atoms with E-state index in [2.05, 4.69) is 27.6 Å². The van der Waals surface area contributed by atoms with Crippen LogP contribution < -0.4 is 5.73 Å². The van der Waals surface area contributed by atoms with Gasteiger partial charge in [-0.2, -0.15) is 10.2 Å². The van der Waals surface area contributed by atoms with E-state index in [9.17, 15) is 5.11 Å². The van der Waals surface area contributed by atoms with Crippen LogP contribution in [0, 0.1) is 11.3 Å². The van der Waals surface area contributed by atoms with Crippen molar-refractivity contribution in [1.82, 2.24) is 9.97 Å². The van der Waals surface area contributed by atoms with Gasteiger partial charge in [-0.1, -0.05) is 12.1 Å². The summed E-state index contributed by atoms with van der Waals surface area (Å²) in [5.74, 6) is -0.287. The molecule has 0 bridgehead atoms. The molecule has 19 heavy (non-hydrogen) atoms. The lowest BCUT2D eigenvalue weighted by Gasteiger charge is -2.02. The molecule has 7 heteroatoms. The van der Waals surface area contributed by atoms with Gasteiger partial charge in [0, 0.05) is 6.21 Å². The third-order valence-corrected chi connectivity index (χ3v) is 2.46. The maximum Gasteiger partial charge on any atom is 0.243 e. The number of aromatic nitrogens is 2. The second kappa shape index (κ2) is 5.37. The van der Waals surface area contributed by atoms with Crippen molar-refractivity contribution < 1.29 is 5.11 Å². The predicted molar refractivity (Wildman–Crippen MR) is 73.8 cm³/mol. The summed E-state index contributed by atoms with van der Waals surface area (Å²) < 4.78 is 0. The largest absolute Gasteiger partial charge is 0.492 e. The molecule has 0 amide bonds. The first-order valence-electron chi connectivity index (χ1n) is 5.20. The van der Waals surface area contributed by atoms with E-state index in [1.807, 2.05) is 6.07 Å². The molecule has 0 aliphatic heterocycles. The Labute approximate surface area is 114 Å². The number of nitrogen functional groups attached to an aromatic ring is 1. The van der Waals surface area contributed by atoms with Crippen molar-refractivity contribution in [3.05, 3.63) is 35.4 Å². The number of aromatic hydroxyl groups is 1. The molecule has 1 heterocycles. The van der Waals surface area contributed by atoms with Crippen molar-refractivity contribution in [2.24, 2.45) is 4.99 Å². The molecule has 3 N–H and O–H groups in total. The van der Waals surface area contributed by atoms with Gasteiger partial charge in [0.05, 0.1) is 11.6 Å². The van der Waals surface area contributed by atoms with Crippen LogP contribution in [0.4, 0.5) is 11.5 Å². The van der Waals surface area contributed by atoms with Crippen molar-refractivity contribution in [2.45, 2.75) is 5.16 Å². The molecule has 0 spiro atoms. The molecule has 0 saturated carbocycles. The highest BCUT2D eigenvalue weighted by molar-refractivity contribution is 7.80. The molecule has 2 rings (SSSR count). The fraction of sp³-hybridized carbons (Fsp3) is 0. The van der Waals surface area contributed by atoms with Gasteiger partial charge in [-0.05, 0) is 17.7 Å². The number of nitrogens with zero attached hydrogens (tertiary/aromatic N) is 4. The van der Waals surface area contributed by atoms with Crippen molar-refractivity contribution >= 4 is 30.3 Å². The zero-order valence-corrected chi connectivity index (χ0v) is 10.5. The van der Waals surface area contributed by atoms with Crippen LogP contribution in [0.3, 0.4) is 0 Å². The van der Waals surface area contributed by atoms with Crippen LogP contribution in [0.5, 0.6) is 5.88 Å². The molecule has 1 aromatic carbocycles. The highest BCUT2D eigenvalue weighted by Crippen LogP contribution is 2.29. The fourth-order valence-corrected chi connectivity index (χ4v) is 1.56. The fourth-order valence-electron chi connectivity index (χ4n) is 1.35. The van der Waals surface area contributed by atoms with Gasteiger partial charge in [-0.25, -0.2) is 9.98 Å². The van der Waals surface area contributed by atoms with Crippen LogP contribution >= 0.6 is 12.6 Å². The van der Waals surface area contributed by atoms with E-state index in [0.717, 1.165) is 5.56 Å². The molecular formula is C12H9N5OS. The van der Waals surface area contributed by atoms with E-state index in [4.69, 9.17) is 11.0 Å². The van der Waals surface area contributed by atoms with Gasteiger partial charge in [0.1, 0.15) is 0 Å². The number of nitriles is 1. The maximum absolute atomic E-state index is 9.60. The summed E-state index contributed by atoms with van der Waals surface area (Å²) in [5.41, 5.74) is 7.02. The van der Waals surface area contributed by atoms with E-state index in [0.29, 0.717) is 5.56 Å². The minimum atomic E-state index is -0.331. The van der Waals surface area contributed by atoms with Crippen molar-refractivity contribution in [2.75, 3.05) is 5.73 Å². The Hall–Kier alpha value is -2.59.